The molecular weight excluding hydrogens is 600 g/mol. The minimum atomic E-state index is -1.00. The van der Waals surface area contributed by atoms with Crippen LogP contribution in [0.1, 0.15) is 0 Å². The molecule has 0 saturated carbocycles. The summed E-state index contributed by atoms with van der Waals surface area (Å²) in [7, 11) is 0. The van der Waals surface area contributed by atoms with Gasteiger partial charge in [0.1, 0.15) is 11.2 Å². The van der Waals surface area contributed by atoms with Crippen LogP contribution in [0.15, 0.2) is 132 Å². The lowest BCUT2D eigenvalue weighted by Crippen LogP contribution is -1.93. The largest absolute Gasteiger partial charge is 0.504 e. The predicted octanol–water partition coefficient (Wildman–Crippen LogP) is 10.6. The van der Waals surface area contributed by atoms with Crippen molar-refractivity contribution in [3.05, 3.63) is 127 Å². The van der Waals surface area contributed by atoms with E-state index in [2.05, 4.69) is 48.5 Å². The zero-order valence-corrected chi connectivity index (χ0v) is 25.3. The molecule has 1 aromatic heterocycles. The van der Waals surface area contributed by atoms with Gasteiger partial charge in [0.2, 0.25) is 17.2 Å². The van der Waals surface area contributed by atoms with Crippen molar-refractivity contribution in [3.8, 4) is 62.1 Å². The second-order valence-corrected chi connectivity index (χ2v) is 12.0. The molecule has 6 heteroatoms. The average Bonchev–Trinajstić information content (AvgIpc) is 3.51. The van der Waals surface area contributed by atoms with Crippen LogP contribution in [0, 0.1) is 0 Å². The van der Waals surface area contributed by atoms with Crippen molar-refractivity contribution in [2.75, 3.05) is 0 Å². The smallest absolute Gasteiger partial charge is 0.208 e. The Morgan fingerprint density at radius 3 is 1.50 bits per heavy atom. The van der Waals surface area contributed by atoms with Crippen molar-refractivity contribution >= 4 is 54.3 Å². The molecule has 0 bridgehead atoms. The number of benzene rings is 8. The van der Waals surface area contributed by atoms with Crippen LogP contribution >= 0.6 is 0 Å². The second kappa shape index (κ2) is 10.2. The molecule has 0 fully saturated rings. The number of hydrogen-bond acceptors (Lipinski definition) is 6. The van der Waals surface area contributed by atoms with E-state index < -0.39 is 28.7 Å². The van der Waals surface area contributed by atoms with E-state index in [0.29, 0.717) is 16.3 Å². The first-order chi connectivity index (χ1) is 23.4. The second-order valence-electron chi connectivity index (χ2n) is 12.0. The Balaban J connectivity index is 1.48. The molecule has 6 nitrogen and oxygen atoms in total. The first-order valence-electron chi connectivity index (χ1n) is 15.5. The van der Waals surface area contributed by atoms with Crippen LogP contribution in [0.5, 0.6) is 28.7 Å². The standard InChI is InChI=1S/C42H26O6/c43-38-37(39(44)41(46)42(47)40(38)45)36-28-15-5-3-13-26(28)34(27-14-4-6-16-29(27)36)31-20-23(25-18-9-11-22-10-1-2-12-24(22)25)21-33-35(31)30-17-7-8-19-32(30)48-33/h1-21,43-47H. The van der Waals surface area contributed by atoms with Crippen molar-refractivity contribution < 1.29 is 29.9 Å². The maximum absolute atomic E-state index is 11.1. The molecule has 0 radical (unpaired) electrons. The number of rotatable bonds is 3. The van der Waals surface area contributed by atoms with Crippen LogP contribution in [-0.4, -0.2) is 25.5 Å². The van der Waals surface area contributed by atoms with Crippen LogP contribution < -0.4 is 0 Å². The number of para-hydroxylation sites is 1. The molecule has 1 heterocycles. The fourth-order valence-corrected chi connectivity index (χ4v) is 7.29. The summed E-state index contributed by atoms with van der Waals surface area (Å²) >= 11 is 0. The molecule has 0 aliphatic carbocycles. The molecule has 230 valence electrons. The number of aromatic hydroxyl groups is 5. The highest BCUT2D eigenvalue weighted by molar-refractivity contribution is 6.27. The minimum Gasteiger partial charge on any atom is -0.504 e. The Hall–Kier alpha value is -6.66. The van der Waals surface area contributed by atoms with Gasteiger partial charge >= 0.3 is 0 Å². The summed E-state index contributed by atoms with van der Waals surface area (Å²) < 4.78 is 6.53. The molecule has 0 unspecified atom stereocenters. The lowest BCUT2D eigenvalue weighted by atomic mass is 9.83. The number of furan rings is 1. The van der Waals surface area contributed by atoms with Gasteiger partial charge in [-0.2, -0.15) is 0 Å². The molecule has 9 rings (SSSR count). The molecule has 0 aliphatic heterocycles. The molecule has 0 atom stereocenters. The Labute approximate surface area is 273 Å². The van der Waals surface area contributed by atoms with Crippen LogP contribution in [0.4, 0.5) is 0 Å². The number of phenolic OH excluding ortho intramolecular Hbond substituents is 5. The first-order valence-corrected chi connectivity index (χ1v) is 15.5. The lowest BCUT2D eigenvalue weighted by Gasteiger charge is -2.20. The van der Waals surface area contributed by atoms with Crippen molar-refractivity contribution in [1.29, 1.82) is 0 Å². The maximum Gasteiger partial charge on any atom is 0.208 e. The molecule has 0 aliphatic rings. The van der Waals surface area contributed by atoms with E-state index in [-0.39, 0.29) is 5.56 Å². The Morgan fingerprint density at radius 2 is 0.854 bits per heavy atom. The zero-order valence-electron chi connectivity index (χ0n) is 25.3. The zero-order chi connectivity index (χ0) is 32.7. The number of fused-ring (bicyclic) bond motifs is 6. The van der Waals surface area contributed by atoms with Gasteiger partial charge in [-0.15, -0.1) is 0 Å². The molecule has 0 spiro atoms. The third kappa shape index (κ3) is 3.80. The minimum absolute atomic E-state index is 0.190. The third-order valence-corrected chi connectivity index (χ3v) is 9.40. The van der Waals surface area contributed by atoms with E-state index in [1.807, 2.05) is 78.9 Å². The summed E-state index contributed by atoms with van der Waals surface area (Å²) in [6, 6.07) is 42.1. The molecule has 5 N–H and O–H groups in total. The Bertz CT molecular complexity index is 2700. The average molecular weight is 627 g/mol. The monoisotopic (exact) mass is 626 g/mol. The van der Waals surface area contributed by atoms with Crippen LogP contribution in [0.25, 0.3) is 87.6 Å². The summed E-state index contributed by atoms with van der Waals surface area (Å²) in [5.41, 5.74) is 5.59. The van der Waals surface area contributed by atoms with Gasteiger partial charge in [0, 0.05) is 16.3 Å². The van der Waals surface area contributed by atoms with E-state index in [1.54, 1.807) is 0 Å². The number of phenols is 5. The fraction of sp³-hybridized carbons (Fsp3) is 0. The highest BCUT2D eigenvalue weighted by Gasteiger charge is 2.28. The molecule has 8 aromatic carbocycles. The van der Waals surface area contributed by atoms with E-state index in [9.17, 15) is 25.5 Å². The summed E-state index contributed by atoms with van der Waals surface area (Å²) in [5, 5.41) is 60.6. The van der Waals surface area contributed by atoms with Crippen molar-refractivity contribution in [2.24, 2.45) is 0 Å². The molecule has 0 amide bonds. The summed E-state index contributed by atoms with van der Waals surface area (Å²) in [5.74, 6) is -4.34. The topological polar surface area (TPSA) is 114 Å². The fourth-order valence-electron chi connectivity index (χ4n) is 7.29. The van der Waals surface area contributed by atoms with Crippen LogP contribution in [0.2, 0.25) is 0 Å². The van der Waals surface area contributed by atoms with E-state index in [0.717, 1.165) is 65.7 Å². The van der Waals surface area contributed by atoms with Gasteiger partial charge in [-0.3, -0.25) is 0 Å². The predicted molar refractivity (Wildman–Crippen MR) is 191 cm³/mol. The van der Waals surface area contributed by atoms with Gasteiger partial charge < -0.3 is 29.9 Å². The molecule has 0 saturated heterocycles. The van der Waals surface area contributed by atoms with E-state index in [1.165, 1.54) is 0 Å². The Morgan fingerprint density at radius 1 is 0.354 bits per heavy atom. The normalized spacial score (nSPS) is 11.8. The van der Waals surface area contributed by atoms with Gasteiger partial charge in [0.05, 0.1) is 5.56 Å². The SMILES string of the molecule is Oc1c(O)c(O)c(-c2c3ccccc3c(-c3cc(-c4cccc5ccccc45)cc4oc5ccccc5c34)c3ccccc23)c(O)c1O. The van der Waals surface area contributed by atoms with Gasteiger partial charge in [0.25, 0.3) is 0 Å². The van der Waals surface area contributed by atoms with Crippen LogP contribution in [0.3, 0.4) is 0 Å². The number of hydrogen-bond donors (Lipinski definition) is 5. The summed E-state index contributed by atoms with van der Waals surface area (Å²) in [6.45, 7) is 0. The Kier molecular flexibility index (Phi) is 5.86. The lowest BCUT2D eigenvalue weighted by molar-refractivity contribution is 0.330. The van der Waals surface area contributed by atoms with Crippen molar-refractivity contribution in [3.63, 3.8) is 0 Å². The van der Waals surface area contributed by atoms with Gasteiger partial charge in [0.15, 0.2) is 11.5 Å². The summed E-state index contributed by atoms with van der Waals surface area (Å²) in [4.78, 5) is 0. The van der Waals surface area contributed by atoms with Gasteiger partial charge in [-0.1, -0.05) is 109 Å². The van der Waals surface area contributed by atoms with Crippen molar-refractivity contribution in [2.45, 2.75) is 0 Å². The van der Waals surface area contributed by atoms with E-state index >= 15 is 0 Å². The summed E-state index contributed by atoms with van der Waals surface area (Å²) in [6.07, 6.45) is 0. The molecular formula is C42H26O6. The molecule has 48 heavy (non-hydrogen) atoms. The highest BCUT2D eigenvalue weighted by Crippen LogP contribution is 2.58. The molecule has 9 aromatic rings. The maximum atomic E-state index is 11.1. The van der Waals surface area contributed by atoms with Gasteiger partial charge in [-0.25, -0.2) is 0 Å². The van der Waals surface area contributed by atoms with E-state index in [4.69, 9.17) is 4.42 Å². The third-order valence-electron chi connectivity index (χ3n) is 9.40. The van der Waals surface area contributed by atoms with Crippen molar-refractivity contribution in [1.82, 2.24) is 0 Å². The first kappa shape index (κ1) is 27.6. The highest BCUT2D eigenvalue weighted by atomic mass is 16.4. The quantitative estimate of drug-likeness (QED) is 0.0757. The van der Waals surface area contributed by atoms with Gasteiger partial charge in [-0.05, 0) is 72.8 Å². The van der Waals surface area contributed by atoms with Crippen LogP contribution in [-0.2, 0) is 0 Å².